The van der Waals surface area contributed by atoms with Gasteiger partial charge >= 0.3 is 18.0 Å². The molecule has 3 aromatic rings. The van der Waals surface area contributed by atoms with Crippen molar-refractivity contribution in [2.45, 2.75) is 19.3 Å². The van der Waals surface area contributed by atoms with E-state index in [1.165, 1.54) is 24.3 Å². The zero-order chi connectivity index (χ0) is 23.6. The zero-order valence-electron chi connectivity index (χ0n) is 17.7. The van der Waals surface area contributed by atoms with Crippen molar-refractivity contribution < 1.29 is 24.6 Å². The number of carboxylic acids is 2. The Kier molecular flexibility index (Phi) is 7.91. The van der Waals surface area contributed by atoms with Crippen molar-refractivity contribution in [2.24, 2.45) is 0 Å². The van der Waals surface area contributed by atoms with Gasteiger partial charge in [0.25, 0.3) is 0 Å². The Morgan fingerprint density at radius 1 is 0.848 bits per heavy atom. The van der Waals surface area contributed by atoms with Crippen LogP contribution in [-0.2, 0) is 4.79 Å². The number of urea groups is 1. The first-order valence-corrected chi connectivity index (χ1v) is 10.3. The van der Waals surface area contributed by atoms with Crippen LogP contribution in [0.1, 0.15) is 40.7 Å². The molecule has 0 unspecified atom stereocenters. The third-order valence-electron chi connectivity index (χ3n) is 4.74. The number of nitrogens with zero attached hydrogens (tertiary/aromatic N) is 1. The SMILES string of the molecule is O=C(O)CCC/C=C(\c1cccnc1)c1cccc(NC(=O)Nc2ccc(C(=O)O)cc2)c1. The molecule has 2 aromatic carbocycles. The predicted octanol–water partition coefficient (Wildman–Crippen LogP) is 5.11. The third kappa shape index (κ3) is 7.03. The second kappa shape index (κ2) is 11.2. The van der Waals surface area contributed by atoms with E-state index in [-0.39, 0.29) is 12.0 Å². The standard InChI is InChI=1S/C25H23N3O5/c29-23(30)9-2-1-8-22(19-6-4-14-26-16-19)18-5-3-7-21(15-18)28-25(33)27-20-12-10-17(11-13-20)24(31)32/h3-8,10-16H,1-2,9H2,(H,29,30)(H,31,32)(H2,27,28,33)/b22-8-. The molecule has 0 aliphatic rings. The van der Waals surface area contributed by atoms with Gasteiger partial charge in [0.2, 0.25) is 0 Å². The van der Waals surface area contributed by atoms with E-state index in [1.807, 2.05) is 36.4 Å². The minimum Gasteiger partial charge on any atom is -0.481 e. The summed E-state index contributed by atoms with van der Waals surface area (Å²) in [6.07, 6.45) is 6.57. The number of nitrogens with one attached hydrogen (secondary N) is 2. The summed E-state index contributed by atoms with van der Waals surface area (Å²) < 4.78 is 0. The smallest absolute Gasteiger partial charge is 0.335 e. The zero-order valence-corrected chi connectivity index (χ0v) is 17.7. The van der Waals surface area contributed by atoms with Crippen LogP contribution in [0.3, 0.4) is 0 Å². The van der Waals surface area contributed by atoms with E-state index in [2.05, 4.69) is 15.6 Å². The molecule has 2 amide bonds. The van der Waals surface area contributed by atoms with Crippen LogP contribution in [0.5, 0.6) is 0 Å². The normalized spacial score (nSPS) is 11.0. The highest BCUT2D eigenvalue weighted by Crippen LogP contribution is 2.26. The van der Waals surface area contributed by atoms with Gasteiger partial charge in [-0.05, 0) is 66.4 Å². The number of aliphatic carboxylic acids is 1. The van der Waals surface area contributed by atoms with Gasteiger partial charge in [0, 0.05) is 35.8 Å². The van der Waals surface area contributed by atoms with E-state index in [0.29, 0.717) is 24.2 Å². The van der Waals surface area contributed by atoms with Crippen molar-refractivity contribution in [1.29, 1.82) is 0 Å². The first-order chi connectivity index (χ1) is 15.9. The van der Waals surface area contributed by atoms with Gasteiger partial charge in [-0.2, -0.15) is 0 Å². The Bertz CT molecular complexity index is 1160. The fraction of sp³-hybridized carbons (Fsp3) is 0.120. The van der Waals surface area contributed by atoms with Crippen molar-refractivity contribution >= 4 is 34.9 Å². The molecule has 1 heterocycles. The van der Waals surface area contributed by atoms with Crippen LogP contribution >= 0.6 is 0 Å². The van der Waals surface area contributed by atoms with Crippen LogP contribution in [0.25, 0.3) is 5.57 Å². The van der Waals surface area contributed by atoms with Gasteiger partial charge in [-0.25, -0.2) is 9.59 Å². The molecule has 0 saturated heterocycles. The van der Waals surface area contributed by atoms with Crippen LogP contribution < -0.4 is 10.6 Å². The number of anilines is 2. The van der Waals surface area contributed by atoms with Gasteiger partial charge in [-0.3, -0.25) is 9.78 Å². The molecular weight excluding hydrogens is 422 g/mol. The summed E-state index contributed by atoms with van der Waals surface area (Å²) in [5, 5.41) is 23.3. The van der Waals surface area contributed by atoms with Gasteiger partial charge in [0.1, 0.15) is 0 Å². The molecular formula is C25H23N3O5. The maximum atomic E-state index is 12.4. The fourth-order valence-electron chi connectivity index (χ4n) is 3.18. The second-order valence-electron chi connectivity index (χ2n) is 7.19. The molecule has 0 aliphatic carbocycles. The molecule has 8 heteroatoms. The van der Waals surface area contributed by atoms with Crippen molar-refractivity contribution in [2.75, 3.05) is 10.6 Å². The van der Waals surface area contributed by atoms with Gasteiger partial charge in [-0.15, -0.1) is 0 Å². The molecule has 0 spiro atoms. The largest absolute Gasteiger partial charge is 0.481 e. The summed E-state index contributed by atoms with van der Waals surface area (Å²) in [7, 11) is 0. The topological polar surface area (TPSA) is 129 Å². The number of pyridine rings is 1. The van der Waals surface area contributed by atoms with Crippen LogP contribution in [0, 0.1) is 0 Å². The van der Waals surface area contributed by atoms with Crippen molar-refractivity contribution in [3.63, 3.8) is 0 Å². The molecule has 1 aromatic heterocycles. The van der Waals surface area contributed by atoms with E-state index in [1.54, 1.807) is 18.5 Å². The van der Waals surface area contributed by atoms with Crippen LogP contribution in [-0.4, -0.2) is 33.2 Å². The Labute approximate surface area is 190 Å². The van der Waals surface area contributed by atoms with Crippen LogP contribution in [0.15, 0.2) is 79.1 Å². The number of carbonyl (C=O) groups is 3. The average molecular weight is 445 g/mol. The Hall–Kier alpha value is -4.46. The maximum absolute atomic E-state index is 12.4. The number of carboxylic acid groups (broad SMARTS) is 2. The van der Waals surface area contributed by atoms with Crippen molar-refractivity contribution in [1.82, 2.24) is 4.98 Å². The number of benzene rings is 2. The van der Waals surface area contributed by atoms with Crippen molar-refractivity contribution in [3.8, 4) is 0 Å². The highest BCUT2D eigenvalue weighted by Gasteiger charge is 2.09. The minimum absolute atomic E-state index is 0.0893. The predicted molar refractivity (Wildman–Crippen MR) is 125 cm³/mol. The molecule has 168 valence electrons. The van der Waals surface area contributed by atoms with Gasteiger partial charge in [-0.1, -0.05) is 24.3 Å². The van der Waals surface area contributed by atoms with Crippen LogP contribution in [0.2, 0.25) is 0 Å². The number of amides is 2. The Morgan fingerprint density at radius 3 is 2.24 bits per heavy atom. The molecule has 8 nitrogen and oxygen atoms in total. The van der Waals surface area contributed by atoms with E-state index >= 15 is 0 Å². The number of aromatic nitrogens is 1. The van der Waals surface area contributed by atoms with Gasteiger partial charge in [0.05, 0.1) is 5.56 Å². The van der Waals surface area contributed by atoms with E-state index in [4.69, 9.17) is 10.2 Å². The summed E-state index contributed by atoms with van der Waals surface area (Å²) >= 11 is 0. The maximum Gasteiger partial charge on any atom is 0.335 e. The minimum atomic E-state index is -1.04. The highest BCUT2D eigenvalue weighted by atomic mass is 16.4. The number of carbonyl (C=O) groups excluding carboxylic acids is 1. The second-order valence-corrected chi connectivity index (χ2v) is 7.19. The van der Waals surface area contributed by atoms with E-state index in [9.17, 15) is 14.4 Å². The molecule has 4 N–H and O–H groups in total. The quantitative estimate of drug-likeness (QED) is 0.339. The lowest BCUT2D eigenvalue weighted by Gasteiger charge is -2.12. The Balaban J connectivity index is 1.74. The fourth-order valence-corrected chi connectivity index (χ4v) is 3.18. The average Bonchev–Trinajstić information content (AvgIpc) is 2.80. The van der Waals surface area contributed by atoms with E-state index < -0.39 is 18.0 Å². The number of hydrogen-bond donors (Lipinski definition) is 4. The first-order valence-electron chi connectivity index (χ1n) is 10.3. The van der Waals surface area contributed by atoms with Gasteiger partial charge in [0.15, 0.2) is 0 Å². The highest BCUT2D eigenvalue weighted by molar-refractivity contribution is 6.00. The molecule has 0 saturated carbocycles. The molecule has 0 bridgehead atoms. The molecule has 0 fully saturated rings. The molecule has 0 atom stereocenters. The summed E-state index contributed by atoms with van der Waals surface area (Å²) in [6.45, 7) is 0. The number of rotatable bonds is 9. The molecule has 33 heavy (non-hydrogen) atoms. The summed E-state index contributed by atoms with van der Waals surface area (Å²) in [5.41, 5.74) is 3.78. The number of unbranched alkanes of at least 4 members (excludes halogenated alkanes) is 1. The van der Waals surface area contributed by atoms with Crippen LogP contribution in [0.4, 0.5) is 16.2 Å². The lowest BCUT2D eigenvalue weighted by molar-refractivity contribution is -0.137. The monoisotopic (exact) mass is 445 g/mol. The summed E-state index contributed by atoms with van der Waals surface area (Å²) in [4.78, 5) is 38.3. The summed E-state index contributed by atoms with van der Waals surface area (Å²) in [5.74, 6) is -1.87. The number of hydrogen-bond acceptors (Lipinski definition) is 4. The lowest BCUT2D eigenvalue weighted by Crippen LogP contribution is -2.19. The number of allylic oxidation sites excluding steroid dienone is 1. The molecule has 0 aliphatic heterocycles. The number of aromatic carboxylic acids is 1. The Morgan fingerprint density at radius 2 is 1.58 bits per heavy atom. The lowest BCUT2D eigenvalue weighted by atomic mass is 9.97. The van der Waals surface area contributed by atoms with E-state index in [0.717, 1.165) is 16.7 Å². The third-order valence-corrected chi connectivity index (χ3v) is 4.74. The first kappa shape index (κ1) is 23.2. The molecule has 0 radical (unpaired) electrons. The van der Waals surface area contributed by atoms with Crippen molar-refractivity contribution in [3.05, 3.63) is 95.8 Å². The molecule has 3 rings (SSSR count). The summed E-state index contributed by atoms with van der Waals surface area (Å²) in [6, 6.07) is 16.4. The van der Waals surface area contributed by atoms with Gasteiger partial charge < -0.3 is 20.8 Å².